The topological polar surface area (TPSA) is 82.5 Å². The van der Waals surface area contributed by atoms with Gasteiger partial charge in [0.05, 0.1) is 12.6 Å². The second-order valence-corrected chi connectivity index (χ2v) is 8.59. The number of nitrogens with zero attached hydrogens (tertiary/aromatic N) is 7. The summed E-state index contributed by atoms with van der Waals surface area (Å²) in [5, 5.41) is 3.81. The molecule has 1 atom stereocenters. The summed E-state index contributed by atoms with van der Waals surface area (Å²) in [6.07, 6.45) is 4.50. The number of piperazine rings is 1. The van der Waals surface area contributed by atoms with Crippen molar-refractivity contribution >= 4 is 40.3 Å². The number of hydrogen-bond donors (Lipinski definition) is 1. The number of rotatable bonds is 5. The molecule has 0 spiro atoms. The largest absolute Gasteiger partial charge is 0.383 e. The first-order chi connectivity index (χ1) is 14.7. The SMILES string of the molecule is COC[C@@H]1CCCN1c1nc2nc(N3CCNCC3)nc(N3CCCC3)c2nc1Cl. The van der Waals surface area contributed by atoms with E-state index in [1.807, 2.05) is 0 Å². The second-order valence-electron chi connectivity index (χ2n) is 8.23. The number of nitrogens with one attached hydrogen (secondary N) is 1. The summed E-state index contributed by atoms with van der Waals surface area (Å²) in [5.41, 5.74) is 1.33. The maximum absolute atomic E-state index is 6.67. The van der Waals surface area contributed by atoms with Crippen molar-refractivity contribution in [3.63, 3.8) is 0 Å². The molecule has 0 aromatic carbocycles. The van der Waals surface area contributed by atoms with Crippen LogP contribution in [0.2, 0.25) is 5.15 Å². The number of anilines is 3. The van der Waals surface area contributed by atoms with Crippen molar-refractivity contribution in [3.8, 4) is 0 Å². The molecule has 0 aliphatic carbocycles. The highest BCUT2D eigenvalue weighted by atomic mass is 35.5. The fourth-order valence-electron chi connectivity index (χ4n) is 4.71. The molecule has 5 heterocycles. The summed E-state index contributed by atoms with van der Waals surface area (Å²) in [6, 6.07) is 0.270. The predicted molar refractivity (Wildman–Crippen MR) is 119 cm³/mol. The van der Waals surface area contributed by atoms with Crippen LogP contribution in [-0.4, -0.2) is 85.5 Å². The molecule has 1 N–H and O–H groups in total. The van der Waals surface area contributed by atoms with E-state index in [0.29, 0.717) is 28.7 Å². The van der Waals surface area contributed by atoms with Gasteiger partial charge in [0.15, 0.2) is 28.0 Å². The summed E-state index contributed by atoms with van der Waals surface area (Å²) in [4.78, 5) is 26.2. The van der Waals surface area contributed by atoms with Gasteiger partial charge < -0.3 is 24.8 Å². The zero-order chi connectivity index (χ0) is 20.5. The van der Waals surface area contributed by atoms with E-state index in [2.05, 4.69) is 20.0 Å². The number of aromatic nitrogens is 4. The molecule has 5 rings (SSSR count). The Morgan fingerprint density at radius 3 is 2.50 bits per heavy atom. The Labute approximate surface area is 181 Å². The Bertz CT molecular complexity index is 900. The van der Waals surface area contributed by atoms with Gasteiger partial charge in [-0.1, -0.05) is 11.6 Å². The molecule has 0 unspecified atom stereocenters. The van der Waals surface area contributed by atoms with Crippen molar-refractivity contribution < 1.29 is 4.74 Å². The van der Waals surface area contributed by atoms with E-state index in [1.54, 1.807) is 7.11 Å². The van der Waals surface area contributed by atoms with E-state index in [4.69, 9.17) is 36.3 Å². The van der Waals surface area contributed by atoms with E-state index in [1.165, 1.54) is 12.8 Å². The monoisotopic (exact) mass is 432 g/mol. The molecule has 0 bridgehead atoms. The Morgan fingerprint density at radius 2 is 1.73 bits per heavy atom. The van der Waals surface area contributed by atoms with Crippen molar-refractivity contribution in [1.82, 2.24) is 25.3 Å². The van der Waals surface area contributed by atoms with Crippen molar-refractivity contribution in [1.29, 1.82) is 0 Å². The lowest BCUT2D eigenvalue weighted by Gasteiger charge is -2.29. The minimum absolute atomic E-state index is 0.270. The first kappa shape index (κ1) is 20.0. The second kappa shape index (κ2) is 8.64. The van der Waals surface area contributed by atoms with Crippen LogP contribution in [0.3, 0.4) is 0 Å². The third-order valence-corrected chi connectivity index (χ3v) is 6.51. The predicted octanol–water partition coefficient (Wildman–Crippen LogP) is 1.70. The molecule has 3 aliphatic rings. The lowest BCUT2D eigenvalue weighted by molar-refractivity contribution is 0.180. The molecular formula is C20H29ClN8O. The molecule has 162 valence electrons. The maximum Gasteiger partial charge on any atom is 0.229 e. The van der Waals surface area contributed by atoms with Gasteiger partial charge in [0.25, 0.3) is 0 Å². The van der Waals surface area contributed by atoms with Crippen molar-refractivity contribution in [2.45, 2.75) is 31.7 Å². The van der Waals surface area contributed by atoms with Crippen LogP contribution in [0.15, 0.2) is 0 Å². The van der Waals surface area contributed by atoms with Crippen molar-refractivity contribution in [2.24, 2.45) is 0 Å². The highest BCUT2D eigenvalue weighted by molar-refractivity contribution is 6.32. The van der Waals surface area contributed by atoms with Crippen LogP contribution in [0.25, 0.3) is 11.2 Å². The molecule has 9 nitrogen and oxygen atoms in total. The summed E-state index contributed by atoms with van der Waals surface area (Å²) in [5.74, 6) is 2.31. The Morgan fingerprint density at radius 1 is 0.933 bits per heavy atom. The fraction of sp³-hybridized carbons (Fsp3) is 0.700. The van der Waals surface area contributed by atoms with Gasteiger partial charge in [-0.3, -0.25) is 0 Å². The lowest BCUT2D eigenvalue weighted by Crippen LogP contribution is -2.44. The average molecular weight is 433 g/mol. The maximum atomic E-state index is 6.67. The third-order valence-electron chi connectivity index (χ3n) is 6.26. The summed E-state index contributed by atoms with van der Waals surface area (Å²) >= 11 is 6.67. The standard InChI is InChI=1S/C20H29ClN8O/c1-30-13-14-5-4-10-29(14)19-16(21)23-15-17(24-19)25-20(28-11-6-22-7-12-28)26-18(15)27-8-2-3-9-27/h14,22H,2-13H2,1H3/t14-/m0/s1. The van der Waals surface area contributed by atoms with Gasteiger partial charge >= 0.3 is 0 Å². The first-order valence-electron chi connectivity index (χ1n) is 11.0. The molecule has 10 heteroatoms. The highest BCUT2D eigenvalue weighted by Crippen LogP contribution is 2.34. The fourth-order valence-corrected chi connectivity index (χ4v) is 4.95. The van der Waals surface area contributed by atoms with Gasteiger partial charge in [-0.05, 0) is 25.7 Å². The summed E-state index contributed by atoms with van der Waals surface area (Å²) < 4.78 is 5.41. The van der Waals surface area contributed by atoms with Crippen LogP contribution < -0.4 is 20.0 Å². The van der Waals surface area contributed by atoms with Crippen LogP contribution in [0, 0.1) is 0 Å². The number of fused-ring (bicyclic) bond motifs is 1. The van der Waals surface area contributed by atoms with E-state index in [0.717, 1.165) is 70.4 Å². The first-order valence-corrected chi connectivity index (χ1v) is 11.3. The minimum Gasteiger partial charge on any atom is -0.383 e. The smallest absolute Gasteiger partial charge is 0.229 e. The van der Waals surface area contributed by atoms with E-state index in [9.17, 15) is 0 Å². The summed E-state index contributed by atoms with van der Waals surface area (Å²) in [6.45, 7) is 7.18. The molecule has 30 heavy (non-hydrogen) atoms. The number of hydrogen-bond acceptors (Lipinski definition) is 9. The number of methoxy groups -OCH3 is 1. The molecule has 3 saturated heterocycles. The molecule has 2 aromatic rings. The average Bonchev–Trinajstić information content (AvgIpc) is 3.46. The Balaban J connectivity index is 1.60. The van der Waals surface area contributed by atoms with Crippen LogP contribution >= 0.6 is 11.6 Å². The molecule has 0 amide bonds. The number of halogens is 1. The van der Waals surface area contributed by atoms with Gasteiger partial charge in [-0.2, -0.15) is 9.97 Å². The van der Waals surface area contributed by atoms with Crippen LogP contribution in [0.5, 0.6) is 0 Å². The van der Waals surface area contributed by atoms with Gasteiger partial charge in [0.2, 0.25) is 5.95 Å². The molecule has 0 saturated carbocycles. The molecule has 0 radical (unpaired) electrons. The van der Waals surface area contributed by atoms with Crippen molar-refractivity contribution in [3.05, 3.63) is 5.15 Å². The minimum atomic E-state index is 0.270. The van der Waals surface area contributed by atoms with E-state index >= 15 is 0 Å². The number of ether oxygens (including phenoxy) is 1. The molecule has 3 aliphatic heterocycles. The molecule has 3 fully saturated rings. The zero-order valence-electron chi connectivity index (χ0n) is 17.5. The van der Waals surface area contributed by atoms with Gasteiger partial charge in [0, 0.05) is 52.9 Å². The Hall–Kier alpha value is -1.97. The van der Waals surface area contributed by atoms with Crippen molar-refractivity contribution in [2.75, 3.05) is 74.2 Å². The zero-order valence-corrected chi connectivity index (χ0v) is 18.2. The normalized spacial score (nSPS) is 22.5. The van der Waals surface area contributed by atoms with Crippen LogP contribution in [-0.2, 0) is 4.74 Å². The van der Waals surface area contributed by atoms with Crippen LogP contribution in [0.1, 0.15) is 25.7 Å². The van der Waals surface area contributed by atoms with Gasteiger partial charge in [-0.25, -0.2) is 9.97 Å². The van der Waals surface area contributed by atoms with Crippen LogP contribution in [0.4, 0.5) is 17.6 Å². The third kappa shape index (κ3) is 3.74. The van der Waals surface area contributed by atoms with E-state index in [-0.39, 0.29) is 6.04 Å². The highest BCUT2D eigenvalue weighted by Gasteiger charge is 2.30. The molecule has 2 aromatic heterocycles. The molecular weight excluding hydrogens is 404 g/mol. The van der Waals surface area contributed by atoms with Gasteiger partial charge in [0.1, 0.15) is 0 Å². The van der Waals surface area contributed by atoms with E-state index < -0.39 is 0 Å². The Kier molecular flexibility index (Phi) is 5.75. The summed E-state index contributed by atoms with van der Waals surface area (Å²) in [7, 11) is 1.74. The van der Waals surface area contributed by atoms with Gasteiger partial charge in [-0.15, -0.1) is 0 Å². The lowest BCUT2D eigenvalue weighted by atomic mass is 10.2. The quantitative estimate of drug-likeness (QED) is 0.758.